The van der Waals surface area contributed by atoms with Crippen LogP contribution in [0.15, 0.2) is 48.5 Å². The SMILES string of the molecule is CCC(C)CCCCCCCCCCCCC(=O)NC(CCC(=O)O)C(=O)NC(CCCN)C(=O)NC1Cc2ccc(cc2)OC(=O)C(C(C)CC)NC(=O)C(Cc2ccc(O)cc2)NC(=O)C(CCC(N)=O)NC(=O)C2CCCN2C(=O)C(C(C)C)NC(=O)C(CCC(=O)O)NC(=O)C(C(C)O)NC1=O. The number of nitrogens with one attached hydrogen (secondary N) is 9. The Morgan fingerprint density at radius 3 is 1.70 bits per heavy atom. The number of hydrogen-bond acceptors (Lipinski definition) is 18. The monoisotopic (exact) mass is 1490 g/mol. The van der Waals surface area contributed by atoms with E-state index in [0.717, 1.165) is 49.8 Å². The van der Waals surface area contributed by atoms with Crippen molar-refractivity contribution in [2.24, 2.45) is 29.2 Å². The zero-order valence-electron chi connectivity index (χ0n) is 62.5. The van der Waals surface area contributed by atoms with Crippen LogP contribution in [0, 0.1) is 17.8 Å². The van der Waals surface area contributed by atoms with Gasteiger partial charge in [0.15, 0.2) is 0 Å². The van der Waals surface area contributed by atoms with Crippen molar-refractivity contribution in [2.75, 3.05) is 13.1 Å². The minimum atomic E-state index is -1.97. The molecular formula is C75H116N12O19. The molecule has 13 atom stereocenters. The number of nitrogens with zero attached hydrogens (tertiary/aromatic N) is 1. The number of carboxylic acid groups (broad SMARTS) is 2. The van der Waals surface area contributed by atoms with Gasteiger partial charge in [0.2, 0.25) is 65.0 Å². The van der Waals surface area contributed by atoms with Gasteiger partial charge in [0.25, 0.3) is 0 Å². The maximum absolute atomic E-state index is 14.9. The molecule has 2 aromatic carbocycles. The second kappa shape index (κ2) is 46.6. The number of fused-ring (bicyclic) bond motifs is 23. The number of benzene rings is 2. The Morgan fingerprint density at radius 1 is 0.575 bits per heavy atom. The van der Waals surface area contributed by atoms with E-state index in [-0.39, 0.29) is 81.5 Å². The number of aromatic hydroxyl groups is 1. The predicted molar refractivity (Wildman–Crippen MR) is 391 cm³/mol. The number of phenolic OH excluding ortho intramolecular Hbond substituents is 1. The van der Waals surface area contributed by atoms with Crippen LogP contribution in [0.5, 0.6) is 11.5 Å². The maximum Gasteiger partial charge on any atom is 0.334 e. The summed E-state index contributed by atoms with van der Waals surface area (Å²) in [7, 11) is 0. The van der Waals surface area contributed by atoms with Gasteiger partial charge in [-0.15, -0.1) is 0 Å². The van der Waals surface area contributed by atoms with Gasteiger partial charge in [0.1, 0.15) is 71.9 Å². The minimum Gasteiger partial charge on any atom is -0.508 e. The number of phenols is 1. The summed E-state index contributed by atoms with van der Waals surface area (Å²) in [5.74, 6) is -14.8. The van der Waals surface area contributed by atoms with Crippen molar-refractivity contribution in [1.29, 1.82) is 0 Å². The number of carboxylic acids is 2. The molecular weight excluding hydrogens is 1370 g/mol. The molecule has 11 amide bonds. The van der Waals surface area contributed by atoms with Crippen LogP contribution in [0.2, 0.25) is 0 Å². The number of unbranched alkanes of at least 4 members (excludes halogenated alkanes) is 9. The van der Waals surface area contributed by atoms with E-state index in [2.05, 4.69) is 61.7 Å². The van der Waals surface area contributed by atoms with Crippen molar-refractivity contribution in [3.8, 4) is 11.5 Å². The number of aliphatic hydroxyl groups is 1. The van der Waals surface area contributed by atoms with Gasteiger partial charge < -0.3 is 89.4 Å². The molecule has 106 heavy (non-hydrogen) atoms. The van der Waals surface area contributed by atoms with Crippen LogP contribution in [-0.2, 0) is 80.0 Å². The van der Waals surface area contributed by atoms with Gasteiger partial charge in [-0.3, -0.25) is 62.3 Å². The molecule has 3 aliphatic heterocycles. The average molecular weight is 1490 g/mol. The molecule has 590 valence electrons. The number of ether oxygens (including phenoxy) is 1. The summed E-state index contributed by atoms with van der Waals surface area (Å²) >= 11 is 0. The molecule has 0 radical (unpaired) electrons. The second-order valence-corrected chi connectivity index (χ2v) is 28.5. The van der Waals surface area contributed by atoms with Gasteiger partial charge in [0, 0.05) is 45.1 Å². The van der Waals surface area contributed by atoms with E-state index in [0.29, 0.717) is 18.4 Å². The molecule has 13 unspecified atom stereocenters. The van der Waals surface area contributed by atoms with Crippen LogP contribution in [-0.4, -0.2) is 188 Å². The average Bonchev–Trinajstić information content (AvgIpc) is 1.57. The van der Waals surface area contributed by atoms with Crippen LogP contribution in [0.25, 0.3) is 0 Å². The van der Waals surface area contributed by atoms with Crippen molar-refractivity contribution in [2.45, 2.75) is 282 Å². The van der Waals surface area contributed by atoms with E-state index in [1.54, 1.807) is 27.7 Å². The zero-order chi connectivity index (χ0) is 78.6. The third kappa shape index (κ3) is 31.4. The van der Waals surface area contributed by atoms with Crippen molar-refractivity contribution < 1.29 is 92.3 Å². The predicted octanol–water partition coefficient (Wildman–Crippen LogP) is 2.99. The molecule has 0 aromatic heterocycles. The Balaban J connectivity index is 1.76. The smallest absolute Gasteiger partial charge is 0.334 e. The van der Waals surface area contributed by atoms with Gasteiger partial charge in [-0.2, -0.15) is 0 Å². The Bertz CT molecular complexity index is 3240. The Hall–Kier alpha value is -9.26. The highest BCUT2D eigenvalue weighted by Gasteiger charge is 2.42. The number of nitrogens with two attached hydrogens (primary N) is 2. The fourth-order valence-electron chi connectivity index (χ4n) is 12.5. The molecule has 0 saturated carbocycles. The molecule has 31 nitrogen and oxygen atoms in total. The van der Waals surface area contributed by atoms with E-state index >= 15 is 0 Å². The van der Waals surface area contributed by atoms with Gasteiger partial charge in [-0.05, 0) is 118 Å². The van der Waals surface area contributed by atoms with Crippen molar-refractivity contribution in [3.05, 3.63) is 59.7 Å². The third-order valence-corrected chi connectivity index (χ3v) is 19.4. The van der Waals surface area contributed by atoms with Gasteiger partial charge in [0.05, 0.1) is 6.10 Å². The molecule has 0 spiro atoms. The lowest BCUT2D eigenvalue weighted by atomic mass is 9.97. The van der Waals surface area contributed by atoms with Crippen molar-refractivity contribution >= 4 is 82.9 Å². The topological polar surface area (TPSA) is 493 Å². The van der Waals surface area contributed by atoms with E-state index in [9.17, 15) is 87.5 Å². The molecule has 2 bridgehead atoms. The van der Waals surface area contributed by atoms with Crippen LogP contribution in [0.4, 0.5) is 0 Å². The summed E-state index contributed by atoms with van der Waals surface area (Å²) in [5.41, 5.74) is 12.1. The lowest BCUT2D eigenvalue weighted by Crippen LogP contribution is -2.62. The molecule has 5 rings (SSSR count). The first kappa shape index (κ1) is 89.1. The molecule has 1 saturated heterocycles. The van der Waals surface area contributed by atoms with Gasteiger partial charge >= 0.3 is 17.9 Å². The molecule has 0 aliphatic carbocycles. The normalized spacial score (nSPS) is 21.8. The number of hydrogen-bond donors (Lipinski definition) is 15. The van der Waals surface area contributed by atoms with Crippen molar-refractivity contribution in [3.63, 3.8) is 0 Å². The van der Waals surface area contributed by atoms with Crippen molar-refractivity contribution in [1.82, 2.24) is 52.8 Å². The zero-order valence-corrected chi connectivity index (χ0v) is 62.5. The van der Waals surface area contributed by atoms with Crippen LogP contribution < -0.4 is 64.1 Å². The number of amides is 11. The Labute approximate surface area is 620 Å². The molecule has 17 N–H and O–H groups in total. The third-order valence-electron chi connectivity index (χ3n) is 19.4. The fourth-order valence-corrected chi connectivity index (χ4v) is 12.5. The summed E-state index contributed by atoms with van der Waals surface area (Å²) in [6, 6.07) is -4.51. The Morgan fingerprint density at radius 2 is 1.12 bits per heavy atom. The molecule has 1 fully saturated rings. The summed E-state index contributed by atoms with van der Waals surface area (Å²) in [5, 5.41) is 64.0. The first-order valence-electron chi connectivity index (χ1n) is 37.6. The first-order chi connectivity index (χ1) is 50.3. The lowest BCUT2D eigenvalue weighted by Gasteiger charge is -2.32. The largest absolute Gasteiger partial charge is 0.508 e. The maximum atomic E-state index is 14.9. The summed E-state index contributed by atoms with van der Waals surface area (Å²) in [4.78, 5) is 196. The lowest BCUT2D eigenvalue weighted by molar-refractivity contribution is -0.144. The highest BCUT2D eigenvalue weighted by atomic mass is 16.5. The minimum absolute atomic E-state index is 0.00628. The van der Waals surface area contributed by atoms with Gasteiger partial charge in [-0.1, -0.05) is 143 Å². The standard InChI is InChI=1S/C75H116N12O19/c1-8-45(5)22-18-16-14-12-10-11-13-15-17-19-25-60(91)78-53(35-38-61(92)93)67(97)79-52(23-20-40-76)66(96)82-57-43-49-28-32-51(33-29-49)106-75(105)64(46(6)9-2)85-70(100)56(42-48-26-30-50(89)31-27-48)83-68(98)54(34-37-59(77)90)80-72(102)58-24-21-41-87(58)74(104)63(44(3)4)84-69(99)55(36-39-62(94)95)81-73(103)65(47(7)88)86-71(57)101/h26-33,44-47,52-58,63-65,88-89H,8-25,34-43,76H2,1-7H3,(H2,77,90)(H,78,91)(H,79,97)(H,80,102)(H,81,103)(H,82,96)(H,83,98)(H,84,99)(H,85,100)(H,86,101)(H,92,93)(H,94,95). The van der Waals surface area contributed by atoms with E-state index < -0.39 is 193 Å². The van der Waals surface area contributed by atoms with E-state index in [1.807, 2.05) is 0 Å². The second-order valence-electron chi connectivity index (χ2n) is 28.5. The van der Waals surface area contributed by atoms with Crippen LogP contribution in [0.3, 0.4) is 0 Å². The number of rotatable bonds is 37. The molecule has 2 aromatic rings. The highest BCUT2D eigenvalue weighted by Crippen LogP contribution is 2.24. The number of carbonyl (C=O) groups is 14. The molecule has 3 heterocycles. The fraction of sp³-hybridized carbons (Fsp3) is 0.653. The Kier molecular flexibility index (Phi) is 39.2. The van der Waals surface area contributed by atoms with E-state index in [4.69, 9.17) is 16.2 Å². The number of aliphatic carboxylic acids is 2. The van der Waals surface area contributed by atoms with Crippen LogP contribution >= 0.6 is 0 Å². The molecule has 31 heteroatoms. The number of aliphatic hydroxyl groups excluding tert-OH is 1. The number of primary amides is 1. The summed E-state index contributed by atoms with van der Waals surface area (Å²) in [6.45, 7) is 12.1. The van der Waals surface area contributed by atoms with Gasteiger partial charge in [-0.25, -0.2) is 4.79 Å². The van der Waals surface area contributed by atoms with Crippen LogP contribution in [0.1, 0.15) is 214 Å². The summed E-state index contributed by atoms with van der Waals surface area (Å²) < 4.78 is 5.84. The number of esters is 1. The molecule has 3 aliphatic rings. The summed E-state index contributed by atoms with van der Waals surface area (Å²) in [6.07, 6.45) is 7.72. The first-order valence-corrected chi connectivity index (χ1v) is 37.6. The highest BCUT2D eigenvalue weighted by molar-refractivity contribution is 6.00. The number of carbonyl (C=O) groups excluding carboxylic acids is 12. The quantitative estimate of drug-likeness (QED) is 0.0200. The van der Waals surface area contributed by atoms with E-state index in [1.165, 1.54) is 87.1 Å².